The Morgan fingerprint density at radius 2 is 1.68 bits per heavy atom. The molecule has 3 aliphatic heterocycles. The number of carbonyl (C=O) groups is 6. The number of nitrogens with zero attached hydrogens (tertiary/aromatic N) is 5. The zero-order valence-corrected chi connectivity index (χ0v) is 32.7. The summed E-state index contributed by atoms with van der Waals surface area (Å²) in [5, 5.41) is 18.3. The number of unbranched alkanes of at least 4 members (excludes halogenated alkanes) is 1. The van der Waals surface area contributed by atoms with Gasteiger partial charge in [0.1, 0.15) is 28.2 Å². The Morgan fingerprint density at radius 1 is 0.964 bits per heavy atom. The molecule has 0 bridgehead atoms. The van der Waals surface area contributed by atoms with E-state index in [-0.39, 0.29) is 42.0 Å². The maximum Gasteiger partial charge on any atom is 0.266 e. The van der Waals surface area contributed by atoms with Crippen LogP contribution in [-0.2, 0) is 19.2 Å². The summed E-state index contributed by atoms with van der Waals surface area (Å²) in [5.41, 5.74) is 2.19. The number of ether oxygens (including phenoxy) is 1. The maximum absolute atomic E-state index is 13.5. The molecule has 1 saturated heterocycles. The Balaban J connectivity index is 0.912. The third-order valence-corrected chi connectivity index (χ3v) is 11.7. The van der Waals surface area contributed by atoms with Crippen LogP contribution in [0.15, 0.2) is 47.5 Å². The van der Waals surface area contributed by atoms with Crippen LogP contribution in [-0.4, -0.2) is 86.1 Å². The highest BCUT2D eigenvalue weighted by Crippen LogP contribution is 2.40. The summed E-state index contributed by atoms with van der Waals surface area (Å²) in [6.45, 7) is 7.73. The van der Waals surface area contributed by atoms with Crippen molar-refractivity contribution in [3.63, 3.8) is 0 Å². The van der Waals surface area contributed by atoms with Crippen molar-refractivity contribution in [2.45, 2.75) is 71.4 Å². The van der Waals surface area contributed by atoms with Crippen LogP contribution in [0.1, 0.15) is 99.0 Å². The van der Waals surface area contributed by atoms with Crippen molar-refractivity contribution in [3.8, 4) is 10.8 Å². The number of aromatic nitrogens is 3. The van der Waals surface area contributed by atoms with Gasteiger partial charge in [-0.15, -0.1) is 21.5 Å². The first kappa shape index (κ1) is 38.5. The zero-order chi connectivity index (χ0) is 39.9. The van der Waals surface area contributed by atoms with E-state index in [4.69, 9.17) is 21.3 Å². The van der Waals surface area contributed by atoms with Crippen molar-refractivity contribution in [1.29, 1.82) is 0 Å². The molecule has 2 aromatic heterocycles. The smallest absolute Gasteiger partial charge is 0.266 e. The first-order chi connectivity index (χ1) is 26.8. The summed E-state index contributed by atoms with van der Waals surface area (Å²) in [5.74, 6) is -1.94. The highest BCUT2D eigenvalue weighted by molar-refractivity contribution is 7.15. The summed E-state index contributed by atoms with van der Waals surface area (Å²) in [6, 6.07) is 11.3. The third-order valence-electron chi connectivity index (χ3n) is 10.3. The quantitative estimate of drug-likeness (QED) is 0.140. The molecule has 290 valence electrons. The first-order valence-electron chi connectivity index (χ1n) is 18.2. The number of amides is 6. The van der Waals surface area contributed by atoms with Crippen LogP contribution in [0.5, 0.6) is 5.75 Å². The van der Waals surface area contributed by atoms with E-state index in [1.54, 1.807) is 11.3 Å². The number of aryl methyl sites for hydroxylation is 2. The Hall–Kier alpha value is -5.74. The number of hydrogen-bond donors (Lipinski definition) is 3. The van der Waals surface area contributed by atoms with Crippen LogP contribution in [0.4, 0.5) is 0 Å². The number of nitrogens with one attached hydrogen (secondary N) is 3. The predicted molar refractivity (Wildman–Crippen MR) is 206 cm³/mol. The summed E-state index contributed by atoms with van der Waals surface area (Å²) in [7, 11) is 0. The minimum atomic E-state index is -1.55. The van der Waals surface area contributed by atoms with Crippen LogP contribution >= 0.6 is 22.9 Å². The molecule has 0 radical (unpaired) electrons. The number of imide groups is 2. The highest BCUT2D eigenvalue weighted by Gasteiger charge is 2.53. The highest BCUT2D eigenvalue weighted by atomic mass is 35.5. The molecule has 3 aliphatic rings. The molecule has 0 spiro atoms. The number of benzene rings is 2. The summed E-state index contributed by atoms with van der Waals surface area (Å²) in [6.07, 6.45) is 1.17. The van der Waals surface area contributed by atoms with E-state index in [9.17, 15) is 28.8 Å². The van der Waals surface area contributed by atoms with Gasteiger partial charge in [-0.2, -0.15) is 0 Å². The number of carbonyl (C=O) groups excluding carboxylic acids is 6. The van der Waals surface area contributed by atoms with E-state index in [0.29, 0.717) is 42.6 Å². The van der Waals surface area contributed by atoms with Crippen LogP contribution in [0.3, 0.4) is 0 Å². The molecule has 17 heteroatoms. The van der Waals surface area contributed by atoms with Crippen molar-refractivity contribution in [2.24, 2.45) is 4.99 Å². The minimum absolute atomic E-state index is 0.00779. The first-order valence-corrected chi connectivity index (χ1v) is 19.4. The molecule has 6 amide bonds. The molecule has 5 heterocycles. The van der Waals surface area contributed by atoms with E-state index in [2.05, 4.69) is 40.0 Å². The van der Waals surface area contributed by atoms with Crippen molar-refractivity contribution in [3.05, 3.63) is 91.8 Å². The second-order valence-electron chi connectivity index (χ2n) is 14.1. The lowest BCUT2D eigenvalue weighted by molar-refractivity contribution is -0.141. The van der Waals surface area contributed by atoms with Crippen molar-refractivity contribution in [2.75, 3.05) is 19.7 Å². The van der Waals surface area contributed by atoms with Gasteiger partial charge in [-0.05, 0) is 76.8 Å². The summed E-state index contributed by atoms with van der Waals surface area (Å²) in [4.78, 5) is 84.2. The Morgan fingerprint density at radius 3 is 2.39 bits per heavy atom. The van der Waals surface area contributed by atoms with Gasteiger partial charge in [0.2, 0.25) is 11.8 Å². The average Bonchev–Trinajstić information content (AvgIpc) is 3.75. The molecule has 7 rings (SSSR count). The lowest BCUT2D eigenvalue weighted by Crippen LogP contribution is -2.62. The molecule has 0 unspecified atom stereocenters. The number of thiophene rings is 1. The van der Waals surface area contributed by atoms with Crippen LogP contribution in [0.25, 0.3) is 5.00 Å². The van der Waals surface area contributed by atoms with Crippen LogP contribution < -0.4 is 20.7 Å². The zero-order valence-electron chi connectivity index (χ0n) is 31.2. The van der Waals surface area contributed by atoms with Crippen molar-refractivity contribution in [1.82, 2.24) is 35.6 Å². The van der Waals surface area contributed by atoms with Crippen LogP contribution in [0, 0.1) is 20.8 Å². The SMILES string of the molecule is Cc1sc2c(c1C)C(c1ccc(Cl)cc1)=N[C@@H](CC(=O)NCCCCNC(=O)COc1cccc3c1C(=O)N([C@@]1(C)CCC(=O)NC1=O)C3=O)c1nnc(C)n1-2. The molecule has 2 atom stereocenters. The van der Waals surface area contributed by atoms with Gasteiger partial charge in [-0.25, -0.2) is 0 Å². The molecule has 0 aliphatic carbocycles. The van der Waals surface area contributed by atoms with Gasteiger partial charge in [0.25, 0.3) is 23.6 Å². The fourth-order valence-corrected chi connectivity index (χ4v) is 8.45. The van der Waals surface area contributed by atoms with Gasteiger partial charge in [0, 0.05) is 40.5 Å². The number of halogens is 1. The Bertz CT molecular complexity index is 2330. The van der Waals surface area contributed by atoms with Gasteiger partial charge in [0.15, 0.2) is 12.4 Å². The van der Waals surface area contributed by atoms with E-state index < -0.39 is 47.7 Å². The molecule has 0 saturated carbocycles. The van der Waals surface area contributed by atoms with Crippen molar-refractivity contribution >= 4 is 64.1 Å². The maximum atomic E-state index is 13.5. The topological polar surface area (TPSA) is 194 Å². The second kappa shape index (κ2) is 15.4. The number of aliphatic imine (C=N–C) groups is 1. The van der Waals surface area contributed by atoms with Gasteiger partial charge in [-0.3, -0.25) is 48.5 Å². The molecule has 1 fully saturated rings. The van der Waals surface area contributed by atoms with Gasteiger partial charge < -0.3 is 15.4 Å². The fourth-order valence-electron chi connectivity index (χ4n) is 7.11. The minimum Gasteiger partial charge on any atom is -0.483 e. The summed E-state index contributed by atoms with van der Waals surface area (Å²) >= 11 is 7.85. The molecule has 3 N–H and O–H groups in total. The average molecular weight is 799 g/mol. The number of fused-ring (bicyclic) bond motifs is 4. The Kier molecular flexibility index (Phi) is 10.6. The number of rotatable bonds is 12. The Labute approximate surface area is 330 Å². The number of hydrogen-bond acceptors (Lipinski definition) is 11. The second-order valence-corrected chi connectivity index (χ2v) is 15.7. The van der Waals surface area contributed by atoms with Gasteiger partial charge in [0.05, 0.1) is 23.3 Å². The predicted octanol–water partition coefficient (Wildman–Crippen LogP) is 4.07. The monoisotopic (exact) mass is 798 g/mol. The van der Waals surface area contributed by atoms with E-state index in [1.807, 2.05) is 35.8 Å². The normalized spacial score (nSPS) is 18.8. The van der Waals surface area contributed by atoms with E-state index >= 15 is 0 Å². The van der Waals surface area contributed by atoms with Gasteiger partial charge in [-0.1, -0.05) is 29.8 Å². The molecular weight excluding hydrogens is 760 g/mol. The molecule has 56 heavy (non-hydrogen) atoms. The molecular formula is C39H39ClN8O7S. The molecule has 4 aromatic rings. The standard InChI is InChI=1S/C39H39ClN8O7S/c1-20-21(2)56-37-31(20)33(23-10-12-24(40)13-11-23)43-26(34-46-45-22(3)47(34)37)18-29(50)41-16-5-6-17-42-30(51)19-55-27-9-7-8-25-32(27)36(53)48(35(25)52)39(4)15-14-28(49)44-38(39)54/h7-13,26H,5-6,14-19H2,1-4H3,(H,41,50)(H,42,51)(H,44,49,54)/t26-,39-/m0/s1. The fraction of sp³-hybridized carbons (Fsp3) is 0.359. The largest absolute Gasteiger partial charge is 0.483 e. The van der Waals surface area contributed by atoms with E-state index in [0.717, 1.165) is 37.2 Å². The summed E-state index contributed by atoms with van der Waals surface area (Å²) < 4.78 is 7.67. The van der Waals surface area contributed by atoms with Gasteiger partial charge >= 0.3 is 0 Å². The third kappa shape index (κ3) is 7.09. The lowest BCUT2D eigenvalue weighted by atomic mass is 9.89. The van der Waals surface area contributed by atoms with Crippen LogP contribution in [0.2, 0.25) is 5.02 Å². The number of piperidine rings is 1. The lowest BCUT2D eigenvalue weighted by Gasteiger charge is -2.38. The molecule has 2 aromatic carbocycles. The molecule has 15 nitrogen and oxygen atoms in total. The van der Waals surface area contributed by atoms with Crippen molar-refractivity contribution < 1.29 is 33.5 Å². The van der Waals surface area contributed by atoms with E-state index in [1.165, 1.54) is 25.1 Å².